The highest BCUT2D eigenvalue weighted by atomic mass is 16.6. The largest absolute Gasteiger partial charge is 0.444 e. The number of guanidine groups is 1. The summed E-state index contributed by atoms with van der Waals surface area (Å²) in [5, 5.41) is 0. The van der Waals surface area contributed by atoms with Gasteiger partial charge in [-0.25, -0.2) is 4.79 Å². The maximum absolute atomic E-state index is 12.3. The molecule has 1 aromatic carbocycles. The van der Waals surface area contributed by atoms with Crippen LogP contribution >= 0.6 is 0 Å². The first-order valence-electron chi connectivity index (χ1n) is 11.1. The minimum atomic E-state index is -0.487. The molecule has 2 aliphatic heterocycles. The normalized spacial score (nSPS) is 19.9. The highest BCUT2D eigenvalue weighted by Crippen LogP contribution is 2.23. The highest BCUT2D eigenvalue weighted by Gasteiger charge is 2.27. The predicted octanol–water partition coefficient (Wildman–Crippen LogP) is 2.24. The van der Waals surface area contributed by atoms with Crippen LogP contribution in [0, 0.1) is 6.92 Å². The molecule has 0 aromatic heterocycles. The third kappa shape index (κ3) is 6.83. The van der Waals surface area contributed by atoms with Gasteiger partial charge >= 0.3 is 6.09 Å². The number of nitrogens with zero attached hydrogens (tertiary/aromatic N) is 4. The summed E-state index contributed by atoms with van der Waals surface area (Å²) in [7, 11) is 0. The maximum Gasteiger partial charge on any atom is 0.410 e. The lowest BCUT2D eigenvalue weighted by atomic mass is 10.0. The quantitative estimate of drug-likeness (QED) is 0.581. The Morgan fingerprint density at radius 1 is 1.06 bits per heavy atom. The van der Waals surface area contributed by atoms with Crippen LogP contribution in [0.4, 0.5) is 4.79 Å². The van der Waals surface area contributed by atoms with Crippen molar-refractivity contribution in [1.82, 2.24) is 14.7 Å². The van der Waals surface area contributed by atoms with Gasteiger partial charge in [-0.2, -0.15) is 0 Å². The summed E-state index contributed by atoms with van der Waals surface area (Å²) in [5.41, 5.74) is 8.36. The second-order valence-electron chi connectivity index (χ2n) is 9.23. The van der Waals surface area contributed by atoms with E-state index in [4.69, 9.17) is 20.2 Å². The fourth-order valence-electron chi connectivity index (χ4n) is 3.83. The number of ether oxygens (including phenoxy) is 2. The van der Waals surface area contributed by atoms with Crippen LogP contribution < -0.4 is 5.73 Å². The molecule has 2 saturated heterocycles. The first kappa shape index (κ1) is 23.3. The standard InChI is InChI=1S/C23H37N5O3/c1-18-5-7-19(8-6-18)20(26-13-15-30-16-14-26)17-25-21(24)27-9-11-28(12-10-27)22(29)31-23(2,3)4/h5-8,20H,9-17H2,1-4H3,(H2,24,25). The summed E-state index contributed by atoms with van der Waals surface area (Å²) in [6, 6.07) is 8.82. The topological polar surface area (TPSA) is 83.6 Å². The number of benzene rings is 1. The minimum Gasteiger partial charge on any atom is -0.444 e. The van der Waals surface area contributed by atoms with E-state index in [-0.39, 0.29) is 12.1 Å². The molecular weight excluding hydrogens is 394 g/mol. The van der Waals surface area contributed by atoms with Crippen molar-refractivity contribution in [3.63, 3.8) is 0 Å². The predicted molar refractivity (Wildman–Crippen MR) is 122 cm³/mol. The van der Waals surface area contributed by atoms with Gasteiger partial charge in [0, 0.05) is 39.3 Å². The monoisotopic (exact) mass is 431 g/mol. The van der Waals surface area contributed by atoms with Gasteiger partial charge in [0.25, 0.3) is 0 Å². The van der Waals surface area contributed by atoms with E-state index in [1.165, 1.54) is 11.1 Å². The van der Waals surface area contributed by atoms with Gasteiger partial charge in [-0.15, -0.1) is 0 Å². The van der Waals surface area contributed by atoms with Crippen LogP contribution in [0.1, 0.15) is 37.9 Å². The Balaban J connectivity index is 1.60. The molecule has 3 rings (SSSR count). The molecule has 0 bridgehead atoms. The van der Waals surface area contributed by atoms with E-state index in [1.807, 2.05) is 25.7 Å². The molecule has 8 heteroatoms. The lowest BCUT2D eigenvalue weighted by Gasteiger charge is -2.37. The number of aliphatic imine (C=N–C) groups is 1. The van der Waals surface area contributed by atoms with Gasteiger partial charge < -0.3 is 25.0 Å². The molecule has 0 saturated carbocycles. The van der Waals surface area contributed by atoms with Crippen LogP contribution in [-0.2, 0) is 9.47 Å². The Morgan fingerprint density at radius 3 is 2.23 bits per heavy atom. The van der Waals surface area contributed by atoms with Gasteiger partial charge in [-0.1, -0.05) is 29.8 Å². The average molecular weight is 432 g/mol. The molecule has 2 N–H and O–H groups in total. The summed E-state index contributed by atoms with van der Waals surface area (Å²) in [5.74, 6) is 0.536. The summed E-state index contributed by atoms with van der Waals surface area (Å²) >= 11 is 0. The van der Waals surface area contributed by atoms with E-state index in [0.717, 1.165) is 26.3 Å². The van der Waals surface area contributed by atoms with E-state index in [9.17, 15) is 4.79 Å². The molecule has 2 heterocycles. The van der Waals surface area contributed by atoms with Crippen molar-refractivity contribution in [3.8, 4) is 0 Å². The van der Waals surface area contributed by atoms with E-state index in [2.05, 4.69) is 36.1 Å². The zero-order valence-electron chi connectivity index (χ0n) is 19.3. The van der Waals surface area contributed by atoms with Gasteiger partial charge in [0.1, 0.15) is 5.60 Å². The summed E-state index contributed by atoms with van der Waals surface area (Å²) < 4.78 is 11.0. The van der Waals surface area contributed by atoms with E-state index < -0.39 is 5.60 Å². The van der Waals surface area contributed by atoms with Crippen LogP contribution in [0.5, 0.6) is 0 Å². The third-order valence-corrected chi connectivity index (χ3v) is 5.63. The molecule has 1 aromatic rings. The Morgan fingerprint density at radius 2 is 1.65 bits per heavy atom. The highest BCUT2D eigenvalue weighted by molar-refractivity contribution is 5.78. The maximum atomic E-state index is 12.3. The number of hydrogen-bond acceptors (Lipinski definition) is 5. The van der Waals surface area contributed by atoms with Crippen LogP contribution in [0.15, 0.2) is 29.3 Å². The summed E-state index contributed by atoms with van der Waals surface area (Å²) in [4.78, 5) is 23.2. The lowest BCUT2D eigenvalue weighted by Crippen LogP contribution is -2.53. The molecular formula is C23H37N5O3. The number of carbonyl (C=O) groups excluding carboxylic acids is 1. The third-order valence-electron chi connectivity index (χ3n) is 5.63. The second kappa shape index (κ2) is 10.3. The molecule has 172 valence electrons. The number of aryl methyl sites for hydroxylation is 1. The average Bonchev–Trinajstić information content (AvgIpc) is 2.74. The number of nitrogens with two attached hydrogens (primary N) is 1. The van der Waals surface area contributed by atoms with Gasteiger partial charge in [0.2, 0.25) is 0 Å². The van der Waals surface area contributed by atoms with Crippen LogP contribution in [0.25, 0.3) is 0 Å². The zero-order chi connectivity index (χ0) is 22.4. The minimum absolute atomic E-state index is 0.172. The number of piperazine rings is 1. The van der Waals surface area contributed by atoms with Crippen molar-refractivity contribution in [2.24, 2.45) is 10.7 Å². The van der Waals surface area contributed by atoms with Gasteiger partial charge in [-0.05, 0) is 33.3 Å². The Kier molecular flexibility index (Phi) is 7.78. The molecule has 0 spiro atoms. The molecule has 1 atom stereocenters. The molecule has 2 aliphatic rings. The fraction of sp³-hybridized carbons (Fsp3) is 0.652. The van der Waals surface area contributed by atoms with E-state index in [1.54, 1.807) is 4.90 Å². The van der Waals surface area contributed by atoms with Crippen molar-refractivity contribution in [2.45, 2.75) is 39.3 Å². The second-order valence-corrected chi connectivity index (χ2v) is 9.23. The van der Waals surface area contributed by atoms with Gasteiger partial charge in [0.15, 0.2) is 5.96 Å². The Labute approximate surface area is 186 Å². The number of morpholine rings is 1. The molecule has 0 aliphatic carbocycles. The van der Waals surface area contributed by atoms with Crippen LogP contribution in [0.3, 0.4) is 0 Å². The number of hydrogen-bond donors (Lipinski definition) is 1. The summed E-state index contributed by atoms with van der Waals surface area (Å²) in [6.07, 6.45) is -0.269. The lowest BCUT2D eigenvalue weighted by molar-refractivity contribution is 0.0172. The molecule has 0 radical (unpaired) electrons. The summed E-state index contributed by atoms with van der Waals surface area (Å²) in [6.45, 7) is 14.1. The van der Waals surface area contributed by atoms with Gasteiger partial charge in [0.05, 0.1) is 25.8 Å². The Hall–Kier alpha value is -2.32. The number of carbonyl (C=O) groups is 1. The molecule has 1 unspecified atom stereocenters. The fourth-order valence-corrected chi connectivity index (χ4v) is 3.83. The van der Waals surface area contributed by atoms with E-state index in [0.29, 0.717) is 38.7 Å². The van der Waals surface area contributed by atoms with Crippen LogP contribution in [-0.4, -0.2) is 91.4 Å². The zero-order valence-corrected chi connectivity index (χ0v) is 19.3. The molecule has 2 fully saturated rings. The molecule has 1 amide bonds. The number of rotatable bonds is 4. The van der Waals surface area contributed by atoms with Crippen molar-refractivity contribution < 1.29 is 14.3 Å². The smallest absolute Gasteiger partial charge is 0.410 e. The number of amides is 1. The van der Waals surface area contributed by atoms with Crippen molar-refractivity contribution in [2.75, 3.05) is 59.0 Å². The van der Waals surface area contributed by atoms with E-state index >= 15 is 0 Å². The molecule has 8 nitrogen and oxygen atoms in total. The Bertz CT molecular complexity index is 745. The van der Waals surface area contributed by atoms with Gasteiger partial charge in [-0.3, -0.25) is 9.89 Å². The SMILES string of the molecule is Cc1ccc(C(CN=C(N)N2CCN(C(=O)OC(C)(C)C)CC2)N2CCOCC2)cc1. The van der Waals surface area contributed by atoms with Crippen LogP contribution in [0.2, 0.25) is 0 Å². The first-order chi connectivity index (χ1) is 14.7. The van der Waals surface area contributed by atoms with Crippen molar-refractivity contribution in [3.05, 3.63) is 35.4 Å². The van der Waals surface area contributed by atoms with Crippen molar-refractivity contribution >= 4 is 12.1 Å². The van der Waals surface area contributed by atoms with Crippen molar-refractivity contribution in [1.29, 1.82) is 0 Å². The first-order valence-corrected chi connectivity index (χ1v) is 11.1. The molecule has 31 heavy (non-hydrogen) atoms.